The van der Waals surface area contributed by atoms with Crippen LogP contribution in [0.15, 0.2) is 29.2 Å². The maximum absolute atomic E-state index is 12.7. The number of rotatable bonds is 4. The van der Waals surface area contributed by atoms with Gasteiger partial charge in [-0.15, -0.1) is 0 Å². The second-order valence-electron chi connectivity index (χ2n) is 6.42. The van der Waals surface area contributed by atoms with Crippen molar-refractivity contribution in [2.24, 2.45) is 17.8 Å². The summed E-state index contributed by atoms with van der Waals surface area (Å²) in [6, 6.07) is 6.08. The van der Waals surface area contributed by atoms with E-state index in [9.17, 15) is 23.1 Å². The minimum atomic E-state index is -3.52. The van der Waals surface area contributed by atoms with Crippen molar-refractivity contribution >= 4 is 21.7 Å². The zero-order valence-electron chi connectivity index (χ0n) is 12.8. The number of carboxylic acid groups (broad SMARTS) is 1. The third-order valence-corrected chi connectivity index (χ3v) is 5.87. The fraction of sp³-hybridized carbons (Fsp3) is 0.500. The molecule has 2 fully saturated rings. The average Bonchev–Trinajstić information content (AvgIpc) is 3.24. The number of sulfone groups is 1. The molecule has 1 N–H and O–H groups in total. The molecule has 0 bridgehead atoms. The Bertz CT molecular complexity index is 753. The molecule has 0 aromatic heterocycles. The zero-order chi connectivity index (χ0) is 16.8. The van der Waals surface area contributed by atoms with E-state index in [1.807, 2.05) is 0 Å². The topological polar surface area (TPSA) is 91.8 Å². The third kappa shape index (κ3) is 3.10. The van der Waals surface area contributed by atoms with Crippen LogP contribution in [0.2, 0.25) is 0 Å². The second-order valence-corrected chi connectivity index (χ2v) is 8.41. The van der Waals surface area contributed by atoms with Crippen molar-refractivity contribution in [3.05, 3.63) is 29.8 Å². The van der Waals surface area contributed by atoms with Crippen molar-refractivity contribution in [1.29, 1.82) is 0 Å². The zero-order valence-corrected chi connectivity index (χ0v) is 13.6. The molecule has 3 rings (SSSR count). The lowest BCUT2D eigenvalue weighted by molar-refractivity contribution is -0.142. The molecule has 1 saturated carbocycles. The summed E-state index contributed by atoms with van der Waals surface area (Å²) < 4.78 is 23.7. The van der Waals surface area contributed by atoms with Crippen molar-refractivity contribution < 1.29 is 23.1 Å². The van der Waals surface area contributed by atoms with Gasteiger partial charge in [0.25, 0.3) is 5.91 Å². The number of carbonyl (C=O) groups excluding carboxylic acids is 1. The molecule has 1 amide bonds. The molecule has 1 saturated heterocycles. The van der Waals surface area contributed by atoms with Crippen LogP contribution in [0.1, 0.15) is 23.2 Å². The molecule has 1 aromatic rings. The second kappa shape index (κ2) is 5.63. The predicted octanol–water partition coefficient (Wildman–Crippen LogP) is 1.27. The van der Waals surface area contributed by atoms with Crippen molar-refractivity contribution in [2.75, 3.05) is 19.3 Å². The van der Waals surface area contributed by atoms with E-state index in [-0.39, 0.29) is 22.9 Å². The standard InChI is InChI=1S/C16H19NO5S/c1-23(21,22)14-5-3-2-4-11(14)15(18)17-8-12(10-6-7-10)13(9-17)16(19)20/h2-5,10,12-13H,6-9H2,1H3,(H,19,20)/t12-,13+/m1/s1. The maximum Gasteiger partial charge on any atom is 0.308 e. The molecule has 23 heavy (non-hydrogen) atoms. The van der Waals surface area contributed by atoms with Gasteiger partial charge in [-0.1, -0.05) is 12.1 Å². The first kappa shape index (κ1) is 16.0. The van der Waals surface area contributed by atoms with Crippen LogP contribution in [-0.2, 0) is 14.6 Å². The lowest BCUT2D eigenvalue weighted by Gasteiger charge is -2.18. The van der Waals surface area contributed by atoms with Crippen LogP contribution in [0, 0.1) is 17.8 Å². The van der Waals surface area contributed by atoms with Gasteiger partial charge in [-0.2, -0.15) is 0 Å². The SMILES string of the molecule is CS(=O)(=O)c1ccccc1C(=O)N1C[C@H](C(=O)O)[C@@H](C2CC2)C1. The first-order chi connectivity index (χ1) is 10.8. The van der Waals surface area contributed by atoms with Gasteiger partial charge in [0.05, 0.1) is 16.4 Å². The monoisotopic (exact) mass is 337 g/mol. The van der Waals surface area contributed by atoms with Gasteiger partial charge >= 0.3 is 5.97 Å². The van der Waals surface area contributed by atoms with E-state index in [4.69, 9.17) is 0 Å². The van der Waals surface area contributed by atoms with E-state index in [1.54, 1.807) is 12.1 Å². The fourth-order valence-electron chi connectivity index (χ4n) is 3.40. The number of hydrogen-bond acceptors (Lipinski definition) is 4. The van der Waals surface area contributed by atoms with Gasteiger partial charge in [-0.3, -0.25) is 9.59 Å². The smallest absolute Gasteiger partial charge is 0.308 e. The highest BCUT2D eigenvalue weighted by atomic mass is 32.2. The first-order valence-electron chi connectivity index (χ1n) is 7.60. The van der Waals surface area contributed by atoms with E-state index in [2.05, 4.69) is 0 Å². The number of carboxylic acids is 1. The molecule has 2 atom stereocenters. The van der Waals surface area contributed by atoms with Crippen molar-refractivity contribution in [3.8, 4) is 0 Å². The largest absolute Gasteiger partial charge is 0.481 e. The van der Waals surface area contributed by atoms with Gasteiger partial charge < -0.3 is 10.0 Å². The molecule has 1 aliphatic heterocycles. The highest BCUT2D eigenvalue weighted by molar-refractivity contribution is 7.90. The van der Waals surface area contributed by atoms with Crippen LogP contribution in [0.25, 0.3) is 0 Å². The Balaban J connectivity index is 1.89. The van der Waals surface area contributed by atoms with E-state index in [0.29, 0.717) is 12.5 Å². The fourth-order valence-corrected chi connectivity index (χ4v) is 4.28. The number of aliphatic carboxylic acids is 1. The molecule has 1 aliphatic carbocycles. The van der Waals surface area contributed by atoms with E-state index in [1.165, 1.54) is 17.0 Å². The first-order valence-corrected chi connectivity index (χ1v) is 9.49. The maximum atomic E-state index is 12.7. The number of nitrogens with zero attached hydrogens (tertiary/aromatic N) is 1. The quantitative estimate of drug-likeness (QED) is 0.893. The minimum Gasteiger partial charge on any atom is -0.481 e. The Labute approximate surface area is 135 Å². The van der Waals surface area contributed by atoms with Gasteiger partial charge in [-0.05, 0) is 36.8 Å². The molecular weight excluding hydrogens is 318 g/mol. The van der Waals surface area contributed by atoms with Crippen LogP contribution >= 0.6 is 0 Å². The van der Waals surface area contributed by atoms with Crippen molar-refractivity contribution in [2.45, 2.75) is 17.7 Å². The van der Waals surface area contributed by atoms with Crippen LogP contribution in [0.3, 0.4) is 0 Å². The average molecular weight is 337 g/mol. The summed E-state index contributed by atoms with van der Waals surface area (Å²) in [7, 11) is -3.52. The Hall–Kier alpha value is -1.89. The van der Waals surface area contributed by atoms with Crippen molar-refractivity contribution in [3.63, 3.8) is 0 Å². The Morgan fingerprint density at radius 3 is 2.39 bits per heavy atom. The molecule has 1 aromatic carbocycles. The number of amides is 1. The summed E-state index contributed by atoms with van der Waals surface area (Å²) in [4.78, 5) is 25.7. The molecule has 6 nitrogen and oxygen atoms in total. The summed E-state index contributed by atoms with van der Waals surface area (Å²) in [5.74, 6) is -1.49. The molecule has 1 heterocycles. The van der Waals surface area contributed by atoms with Gasteiger partial charge in [0.2, 0.25) is 0 Å². The van der Waals surface area contributed by atoms with E-state index >= 15 is 0 Å². The molecule has 124 valence electrons. The van der Waals surface area contributed by atoms with Crippen LogP contribution in [0.5, 0.6) is 0 Å². The van der Waals surface area contributed by atoms with Gasteiger partial charge in [-0.25, -0.2) is 8.42 Å². The van der Waals surface area contributed by atoms with Crippen LogP contribution < -0.4 is 0 Å². The van der Waals surface area contributed by atoms with E-state index in [0.717, 1.165) is 19.1 Å². The number of carbonyl (C=O) groups is 2. The third-order valence-electron chi connectivity index (χ3n) is 4.71. The van der Waals surface area contributed by atoms with Crippen LogP contribution in [0.4, 0.5) is 0 Å². The molecule has 0 spiro atoms. The summed E-state index contributed by atoms with van der Waals surface area (Å²) in [6.45, 7) is 0.534. The Morgan fingerprint density at radius 1 is 1.17 bits per heavy atom. The lowest BCUT2D eigenvalue weighted by atomic mass is 9.92. The molecule has 7 heteroatoms. The van der Waals surface area contributed by atoms with Crippen LogP contribution in [-0.4, -0.2) is 49.6 Å². The highest BCUT2D eigenvalue weighted by Gasteiger charge is 2.47. The summed E-state index contributed by atoms with van der Waals surface area (Å²) >= 11 is 0. The molecule has 0 radical (unpaired) electrons. The van der Waals surface area contributed by atoms with E-state index < -0.39 is 27.6 Å². The summed E-state index contributed by atoms with van der Waals surface area (Å²) in [5.41, 5.74) is 0.121. The number of hydrogen-bond donors (Lipinski definition) is 1. The van der Waals surface area contributed by atoms with Gasteiger partial charge in [0.15, 0.2) is 9.84 Å². The lowest BCUT2D eigenvalue weighted by Crippen LogP contribution is -2.31. The highest BCUT2D eigenvalue weighted by Crippen LogP contribution is 2.44. The summed E-state index contributed by atoms with van der Waals surface area (Å²) in [5, 5.41) is 9.38. The predicted molar refractivity (Wildman–Crippen MR) is 82.8 cm³/mol. The molecule has 2 aliphatic rings. The molecule has 0 unspecified atom stereocenters. The normalized spacial score (nSPS) is 24.7. The molecular formula is C16H19NO5S. The summed E-state index contributed by atoms with van der Waals surface area (Å²) in [6.07, 6.45) is 3.09. The minimum absolute atomic E-state index is 0.00764. The number of benzene rings is 1. The number of likely N-dealkylation sites (tertiary alicyclic amines) is 1. The van der Waals surface area contributed by atoms with Gasteiger partial charge in [0.1, 0.15) is 0 Å². The van der Waals surface area contributed by atoms with Crippen molar-refractivity contribution in [1.82, 2.24) is 4.90 Å². The Morgan fingerprint density at radius 2 is 1.83 bits per heavy atom. The van der Waals surface area contributed by atoms with Gasteiger partial charge in [0, 0.05) is 19.3 Å². The Kier molecular flexibility index (Phi) is 3.91.